The summed E-state index contributed by atoms with van der Waals surface area (Å²) >= 11 is 6.85. The minimum atomic E-state index is -0.338. The van der Waals surface area contributed by atoms with Crippen LogP contribution in [0.4, 0.5) is 5.69 Å². The number of benzene rings is 2. The lowest BCUT2D eigenvalue weighted by Crippen LogP contribution is -2.37. The van der Waals surface area contributed by atoms with Gasteiger partial charge in [-0.3, -0.25) is 9.69 Å². The fraction of sp³-hybridized carbons (Fsp3) is 0.158. The first-order valence-corrected chi connectivity index (χ1v) is 9.37. The molecule has 1 amide bonds. The van der Waals surface area contributed by atoms with Crippen molar-refractivity contribution in [3.05, 3.63) is 74.3 Å². The van der Waals surface area contributed by atoms with Crippen LogP contribution >= 0.6 is 31.9 Å². The summed E-state index contributed by atoms with van der Waals surface area (Å²) in [4.78, 5) is 26.9. The van der Waals surface area contributed by atoms with Crippen molar-refractivity contribution in [1.82, 2.24) is 0 Å². The number of amides is 1. The van der Waals surface area contributed by atoms with Crippen molar-refractivity contribution in [2.75, 3.05) is 11.5 Å². The predicted octanol–water partition coefficient (Wildman–Crippen LogP) is 4.54. The highest BCUT2D eigenvalue weighted by atomic mass is 79.9. The highest BCUT2D eigenvalue weighted by Gasteiger charge is 2.42. The van der Waals surface area contributed by atoms with Crippen LogP contribution in [0.15, 0.2) is 68.7 Å². The summed E-state index contributed by atoms with van der Waals surface area (Å²) in [5.74, 6) is -0.652. The van der Waals surface area contributed by atoms with Crippen molar-refractivity contribution < 1.29 is 14.3 Å². The van der Waals surface area contributed by atoms with Gasteiger partial charge >= 0.3 is 5.97 Å². The summed E-state index contributed by atoms with van der Waals surface area (Å²) in [7, 11) is 0. The van der Waals surface area contributed by atoms with Gasteiger partial charge in [-0.15, -0.1) is 0 Å². The molecule has 0 aromatic heterocycles. The fourth-order valence-corrected chi connectivity index (χ4v) is 4.03. The Hall–Kier alpha value is -1.92. The molecule has 0 aliphatic carbocycles. The Kier molecular flexibility index (Phi) is 4.25. The molecule has 2 aromatic rings. The van der Waals surface area contributed by atoms with E-state index >= 15 is 0 Å². The molecule has 1 unspecified atom stereocenters. The number of anilines is 1. The van der Waals surface area contributed by atoms with Gasteiger partial charge in [-0.2, -0.15) is 0 Å². The summed E-state index contributed by atoms with van der Waals surface area (Å²) < 4.78 is 7.13. The van der Waals surface area contributed by atoms with E-state index in [1.807, 2.05) is 48.5 Å². The topological polar surface area (TPSA) is 46.6 Å². The van der Waals surface area contributed by atoms with Gasteiger partial charge in [0, 0.05) is 27.0 Å². The zero-order valence-electron chi connectivity index (χ0n) is 13.0. The highest BCUT2D eigenvalue weighted by molar-refractivity contribution is 9.10. The third kappa shape index (κ3) is 2.93. The van der Waals surface area contributed by atoms with E-state index in [2.05, 4.69) is 31.9 Å². The summed E-state index contributed by atoms with van der Waals surface area (Å²) in [6, 6.07) is 15.2. The van der Waals surface area contributed by atoms with Crippen LogP contribution < -0.4 is 4.90 Å². The lowest BCUT2D eigenvalue weighted by molar-refractivity contribution is -0.136. The Morgan fingerprint density at radius 3 is 2.48 bits per heavy atom. The van der Waals surface area contributed by atoms with Crippen LogP contribution in [0.2, 0.25) is 0 Å². The number of nitrogens with zero attached hydrogens (tertiary/aromatic N) is 1. The van der Waals surface area contributed by atoms with E-state index in [4.69, 9.17) is 4.74 Å². The second-order valence-electron chi connectivity index (χ2n) is 5.95. The number of cyclic esters (lactones) is 1. The van der Waals surface area contributed by atoms with Gasteiger partial charge in [0.25, 0.3) is 0 Å². The van der Waals surface area contributed by atoms with E-state index < -0.39 is 0 Å². The molecule has 2 aromatic carbocycles. The Bertz CT molecular complexity index is 905. The number of hydrogen-bond acceptors (Lipinski definition) is 3. The average Bonchev–Trinajstić information content (AvgIpc) is 2.97. The predicted molar refractivity (Wildman–Crippen MR) is 101 cm³/mol. The van der Waals surface area contributed by atoms with Gasteiger partial charge in [-0.1, -0.05) is 44.0 Å². The Morgan fingerprint density at radius 2 is 1.76 bits per heavy atom. The molecule has 25 heavy (non-hydrogen) atoms. The molecule has 0 N–H and O–H groups in total. The first kappa shape index (κ1) is 16.5. The maximum Gasteiger partial charge on any atom is 0.336 e. The largest absolute Gasteiger partial charge is 0.456 e. The first-order chi connectivity index (χ1) is 12.0. The van der Waals surface area contributed by atoms with Gasteiger partial charge in [-0.05, 0) is 42.0 Å². The monoisotopic (exact) mass is 461 g/mol. The van der Waals surface area contributed by atoms with E-state index in [1.165, 1.54) is 0 Å². The van der Waals surface area contributed by atoms with Crippen molar-refractivity contribution in [1.29, 1.82) is 0 Å². The van der Waals surface area contributed by atoms with Crippen molar-refractivity contribution in [2.45, 2.75) is 12.3 Å². The number of carbonyl (C=O) groups excluding carboxylic acids is 2. The van der Waals surface area contributed by atoms with Crippen molar-refractivity contribution >= 4 is 49.4 Å². The molecule has 0 bridgehead atoms. The molecule has 4 nitrogen and oxygen atoms in total. The molecule has 2 aliphatic heterocycles. The maximum atomic E-state index is 12.9. The lowest BCUT2D eigenvalue weighted by atomic mass is 9.84. The molecule has 0 spiro atoms. The third-order valence-corrected chi connectivity index (χ3v) is 5.48. The molecule has 0 fully saturated rings. The number of hydrogen-bond donors (Lipinski definition) is 0. The SMILES string of the molecule is O=C1OCC2=C1C(c1cccc(Br)c1)CC(=O)N2c1ccc(Br)cc1. The number of carbonyl (C=O) groups is 2. The molecule has 1 atom stereocenters. The van der Waals surface area contributed by atoms with Gasteiger partial charge in [-0.25, -0.2) is 4.79 Å². The molecule has 0 saturated heterocycles. The second kappa shape index (κ2) is 6.42. The molecule has 2 heterocycles. The van der Waals surface area contributed by atoms with Crippen LogP contribution in [0.25, 0.3) is 0 Å². The molecule has 6 heteroatoms. The summed E-state index contributed by atoms with van der Waals surface area (Å²) in [5, 5.41) is 0. The first-order valence-electron chi connectivity index (χ1n) is 7.79. The van der Waals surface area contributed by atoms with Gasteiger partial charge in [0.1, 0.15) is 6.61 Å². The molecule has 0 saturated carbocycles. The maximum absolute atomic E-state index is 12.9. The van der Waals surface area contributed by atoms with Gasteiger partial charge in [0.2, 0.25) is 5.91 Å². The zero-order chi connectivity index (χ0) is 17.6. The lowest BCUT2D eigenvalue weighted by Gasteiger charge is -2.32. The molecule has 4 rings (SSSR count). The van der Waals surface area contributed by atoms with Crippen LogP contribution in [0, 0.1) is 0 Å². The zero-order valence-corrected chi connectivity index (χ0v) is 16.2. The Balaban J connectivity index is 1.83. The van der Waals surface area contributed by atoms with Crippen LogP contribution in [0.1, 0.15) is 17.9 Å². The standard InChI is InChI=1S/C19H13Br2NO3/c20-12-4-6-14(7-5-12)22-16-10-25-19(24)18(16)15(9-17(22)23)11-2-1-3-13(21)8-11/h1-8,15H,9-10H2. The Labute approximate surface area is 161 Å². The van der Waals surface area contributed by atoms with Crippen molar-refractivity contribution in [3.8, 4) is 0 Å². The van der Waals surface area contributed by atoms with E-state index in [9.17, 15) is 9.59 Å². The van der Waals surface area contributed by atoms with E-state index in [0.717, 1.165) is 20.2 Å². The minimum Gasteiger partial charge on any atom is -0.456 e. The normalized spacial score (nSPS) is 19.9. The number of halogens is 2. The summed E-state index contributed by atoms with van der Waals surface area (Å²) in [5.41, 5.74) is 2.91. The smallest absolute Gasteiger partial charge is 0.336 e. The van der Waals surface area contributed by atoms with Gasteiger partial charge in [0.15, 0.2) is 0 Å². The molecular weight excluding hydrogens is 450 g/mol. The summed E-state index contributed by atoms with van der Waals surface area (Å²) in [6.07, 6.45) is 0.237. The van der Waals surface area contributed by atoms with E-state index in [-0.39, 0.29) is 30.8 Å². The van der Waals surface area contributed by atoms with E-state index in [1.54, 1.807) is 4.90 Å². The minimum absolute atomic E-state index is 0.0376. The van der Waals surface area contributed by atoms with Crippen LogP contribution in [-0.4, -0.2) is 18.5 Å². The van der Waals surface area contributed by atoms with Crippen LogP contribution in [-0.2, 0) is 14.3 Å². The van der Waals surface area contributed by atoms with Crippen LogP contribution in [0.3, 0.4) is 0 Å². The quantitative estimate of drug-likeness (QED) is 0.615. The van der Waals surface area contributed by atoms with Crippen LogP contribution in [0.5, 0.6) is 0 Å². The van der Waals surface area contributed by atoms with Crippen molar-refractivity contribution in [2.24, 2.45) is 0 Å². The molecule has 2 aliphatic rings. The molecule has 126 valence electrons. The Morgan fingerprint density at radius 1 is 1.00 bits per heavy atom. The summed E-state index contributed by atoms with van der Waals surface area (Å²) in [6.45, 7) is 0.125. The average molecular weight is 463 g/mol. The van der Waals surface area contributed by atoms with Gasteiger partial charge < -0.3 is 4.74 Å². The van der Waals surface area contributed by atoms with Gasteiger partial charge in [0.05, 0.1) is 11.3 Å². The number of esters is 1. The van der Waals surface area contributed by atoms with Crippen molar-refractivity contribution in [3.63, 3.8) is 0 Å². The fourth-order valence-electron chi connectivity index (χ4n) is 3.35. The second-order valence-corrected chi connectivity index (χ2v) is 7.79. The van der Waals surface area contributed by atoms with E-state index in [0.29, 0.717) is 11.3 Å². The molecular formula is C19H13Br2NO3. The number of ether oxygens (including phenoxy) is 1. The highest BCUT2D eigenvalue weighted by Crippen LogP contribution is 2.42. The number of rotatable bonds is 2. The molecule has 0 radical (unpaired) electrons. The third-order valence-electron chi connectivity index (χ3n) is 4.45.